The summed E-state index contributed by atoms with van der Waals surface area (Å²) < 4.78 is 45.1. The van der Waals surface area contributed by atoms with Gasteiger partial charge < -0.3 is 9.47 Å². The molecule has 3 heterocycles. The Morgan fingerprint density at radius 2 is 2.00 bits per heavy atom. The molecule has 0 aliphatic heterocycles. The molecule has 0 radical (unpaired) electrons. The summed E-state index contributed by atoms with van der Waals surface area (Å²) >= 11 is 0. The molecule has 1 amide bonds. The molecule has 5 rings (SSSR count). The first-order chi connectivity index (χ1) is 17.5. The first-order valence-corrected chi connectivity index (χ1v) is 12.0. The summed E-state index contributed by atoms with van der Waals surface area (Å²) in [6, 6.07) is 7.74. The van der Waals surface area contributed by atoms with Gasteiger partial charge in [0.25, 0.3) is 0 Å². The molecule has 3 aromatic heterocycles. The van der Waals surface area contributed by atoms with Gasteiger partial charge in [0.15, 0.2) is 0 Å². The van der Waals surface area contributed by atoms with Crippen LogP contribution >= 0.6 is 0 Å². The van der Waals surface area contributed by atoms with Gasteiger partial charge in [-0.1, -0.05) is 12.5 Å². The summed E-state index contributed by atoms with van der Waals surface area (Å²) in [5.41, 5.74) is 0.348. The monoisotopic (exact) mass is 512 g/mol. The lowest BCUT2D eigenvalue weighted by atomic mass is 9.72. The van der Waals surface area contributed by atoms with Gasteiger partial charge in [-0.2, -0.15) is 13.2 Å². The molecule has 0 saturated heterocycles. The number of imidazole rings is 1. The number of benzene rings is 1. The second-order valence-electron chi connectivity index (χ2n) is 9.73. The summed E-state index contributed by atoms with van der Waals surface area (Å²) in [6.45, 7) is 1.74. The normalized spacial score (nSPS) is 15.1. The Kier molecular flexibility index (Phi) is 6.17. The van der Waals surface area contributed by atoms with E-state index < -0.39 is 17.4 Å². The number of carbonyl (C=O) groups excluding carboxylic acids is 1. The molecule has 1 saturated carbocycles. The molecule has 0 spiro atoms. The molecule has 1 aliphatic rings. The van der Waals surface area contributed by atoms with Crippen LogP contribution in [0.2, 0.25) is 0 Å². The molecule has 1 fully saturated rings. The van der Waals surface area contributed by atoms with Crippen LogP contribution in [0.15, 0.2) is 53.8 Å². The van der Waals surface area contributed by atoms with Crippen LogP contribution in [-0.2, 0) is 24.6 Å². The zero-order valence-corrected chi connectivity index (χ0v) is 20.7. The van der Waals surface area contributed by atoms with Gasteiger partial charge in [0.2, 0.25) is 5.91 Å². The molecule has 11 heteroatoms. The van der Waals surface area contributed by atoms with Crippen LogP contribution < -0.4 is 5.69 Å². The maximum Gasteiger partial charge on any atom is 0.418 e. The number of hydrogen-bond donors (Lipinski definition) is 0. The number of alkyl halides is 3. The quantitative estimate of drug-likeness (QED) is 0.389. The summed E-state index contributed by atoms with van der Waals surface area (Å²) in [6.07, 6.45) is 2.70. The zero-order chi connectivity index (χ0) is 26.5. The molecule has 1 aromatic carbocycles. The number of rotatable bonds is 6. The number of aryl methyl sites for hydroxylation is 1. The van der Waals surface area contributed by atoms with E-state index in [4.69, 9.17) is 0 Å². The molecule has 4 aromatic rings. The molecule has 0 N–H and O–H groups in total. The van der Waals surface area contributed by atoms with Crippen molar-refractivity contribution < 1.29 is 18.0 Å². The molecule has 194 valence electrons. The van der Waals surface area contributed by atoms with Gasteiger partial charge in [-0.15, -0.1) is 10.2 Å². The lowest BCUT2D eigenvalue weighted by Gasteiger charge is -2.34. The maximum absolute atomic E-state index is 13.7. The van der Waals surface area contributed by atoms with E-state index in [9.17, 15) is 22.8 Å². The van der Waals surface area contributed by atoms with E-state index >= 15 is 0 Å². The fourth-order valence-corrected chi connectivity index (χ4v) is 5.01. The predicted octanol–water partition coefficient (Wildman–Crippen LogP) is 4.15. The molecule has 1 atom stereocenters. The Morgan fingerprint density at radius 3 is 2.59 bits per heavy atom. The highest BCUT2D eigenvalue weighted by Crippen LogP contribution is 2.43. The number of pyridine rings is 1. The lowest BCUT2D eigenvalue weighted by molar-refractivity contribution is -0.136. The molecular weight excluding hydrogens is 485 g/mol. The number of aromatic nitrogens is 5. The van der Waals surface area contributed by atoms with Gasteiger partial charge >= 0.3 is 11.9 Å². The molecular formula is C26H27F3N6O2. The van der Waals surface area contributed by atoms with Gasteiger partial charge in [0.1, 0.15) is 12.2 Å². The van der Waals surface area contributed by atoms with Crippen molar-refractivity contribution in [1.82, 2.24) is 28.6 Å². The highest BCUT2D eigenvalue weighted by Gasteiger charge is 2.35. The van der Waals surface area contributed by atoms with Crippen molar-refractivity contribution in [3.63, 3.8) is 0 Å². The molecule has 1 unspecified atom stereocenters. The van der Waals surface area contributed by atoms with E-state index in [-0.39, 0.29) is 23.9 Å². The van der Waals surface area contributed by atoms with Crippen LogP contribution in [0.25, 0.3) is 11.2 Å². The number of hydrogen-bond acceptors (Lipinski definition) is 4. The topological polar surface area (TPSA) is 77.4 Å². The summed E-state index contributed by atoms with van der Waals surface area (Å²) in [7, 11) is 3.55. The lowest BCUT2D eigenvalue weighted by Crippen LogP contribution is -2.26. The number of carbonyl (C=O) groups is 1. The van der Waals surface area contributed by atoms with Crippen LogP contribution in [0, 0.1) is 5.92 Å². The van der Waals surface area contributed by atoms with Crippen LogP contribution in [0.4, 0.5) is 13.2 Å². The molecule has 37 heavy (non-hydrogen) atoms. The number of fused-ring (bicyclic) bond motifs is 1. The van der Waals surface area contributed by atoms with Crippen molar-refractivity contribution in [1.29, 1.82) is 0 Å². The molecule has 8 nitrogen and oxygen atoms in total. The largest absolute Gasteiger partial charge is 0.418 e. The van der Waals surface area contributed by atoms with Crippen molar-refractivity contribution in [3.05, 3.63) is 82.1 Å². The van der Waals surface area contributed by atoms with Gasteiger partial charge in [0.05, 0.1) is 16.8 Å². The first-order valence-electron chi connectivity index (χ1n) is 12.0. The minimum Gasteiger partial charge on any atom is -0.342 e. The van der Waals surface area contributed by atoms with E-state index in [1.54, 1.807) is 24.3 Å². The van der Waals surface area contributed by atoms with Crippen LogP contribution in [0.5, 0.6) is 0 Å². The van der Waals surface area contributed by atoms with E-state index in [0.29, 0.717) is 11.6 Å². The van der Waals surface area contributed by atoms with Crippen LogP contribution in [0.1, 0.15) is 54.6 Å². The zero-order valence-electron chi connectivity index (χ0n) is 20.7. The van der Waals surface area contributed by atoms with E-state index in [1.807, 2.05) is 23.7 Å². The Balaban J connectivity index is 1.71. The van der Waals surface area contributed by atoms with Crippen molar-refractivity contribution in [3.8, 4) is 5.69 Å². The molecule has 0 bridgehead atoms. The van der Waals surface area contributed by atoms with Gasteiger partial charge in [-0.05, 0) is 54.2 Å². The molecule has 1 aliphatic carbocycles. The second-order valence-corrected chi connectivity index (χ2v) is 9.73. The highest BCUT2D eigenvalue weighted by atomic mass is 19.4. The minimum absolute atomic E-state index is 0.110. The smallest absolute Gasteiger partial charge is 0.342 e. The number of nitrogens with zero attached hydrogens (tertiary/aromatic N) is 6. The Labute approximate surface area is 211 Å². The first kappa shape index (κ1) is 24.8. The fraction of sp³-hybridized carbons (Fsp3) is 0.385. The van der Waals surface area contributed by atoms with Gasteiger partial charge in [0, 0.05) is 45.9 Å². The van der Waals surface area contributed by atoms with E-state index in [0.717, 1.165) is 46.7 Å². The third-order valence-electron chi connectivity index (χ3n) is 7.24. The summed E-state index contributed by atoms with van der Waals surface area (Å²) in [4.78, 5) is 26.8. The Bertz CT molecular complexity index is 1530. The van der Waals surface area contributed by atoms with Crippen molar-refractivity contribution in [2.45, 2.75) is 44.8 Å². The SMILES string of the molecule is CC(=O)N(C)Cc1cc(C(c2nncn2C)C2CCC2)cc(-n2cc3c(C(F)(F)F)cccn3c2=O)c1. The number of amides is 1. The van der Waals surface area contributed by atoms with Gasteiger partial charge in [-0.3, -0.25) is 13.8 Å². The van der Waals surface area contributed by atoms with Crippen LogP contribution in [0.3, 0.4) is 0 Å². The Morgan fingerprint density at radius 1 is 1.24 bits per heavy atom. The minimum atomic E-state index is -4.61. The average Bonchev–Trinajstić information content (AvgIpc) is 3.38. The van der Waals surface area contributed by atoms with Crippen LogP contribution in [-0.4, -0.2) is 41.6 Å². The van der Waals surface area contributed by atoms with Crippen molar-refractivity contribution >= 4 is 11.4 Å². The second kappa shape index (κ2) is 9.20. The average molecular weight is 513 g/mol. The number of halogens is 3. The summed E-state index contributed by atoms with van der Waals surface area (Å²) in [5.74, 6) is 0.859. The Hall–Kier alpha value is -3.89. The highest BCUT2D eigenvalue weighted by molar-refractivity contribution is 5.72. The standard InChI is InChI=1S/C26H27F3N6O2/c1-16(36)32(2)13-17-10-19(23(18-6-4-7-18)24-31-30-15-33(24)3)12-20(11-17)35-14-22-21(26(27,28)29)8-5-9-34(22)25(35)37/h5,8-12,14-15,18,23H,4,6-7,13H2,1-3H3. The third kappa shape index (κ3) is 4.54. The van der Waals surface area contributed by atoms with Crippen molar-refractivity contribution in [2.75, 3.05) is 7.05 Å². The predicted molar refractivity (Wildman–Crippen MR) is 130 cm³/mol. The van der Waals surface area contributed by atoms with E-state index in [1.165, 1.54) is 30.0 Å². The fourth-order valence-electron chi connectivity index (χ4n) is 5.01. The van der Waals surface area contributed by atoms with Gasteiger partial charge in [-0.25, -0.2) is 4.79 Å². The third-order valence-corrected chi connectivity index (χ3v) is 7.24. The summed E-state index contributed by atoms with van der Waals surface area (Å²) in [5, 5.41) is 8.41. The van der Waals surface area contributed by atoms with E-state index in [2.05, 4.69) is 10.2 Å². The van der Waals surface area contributed by atoms with Crippen molar-refractivity contribution in [2.24, 2.45) is 13.0 Å². The maximum atomic E-state index is 13.7.